The Balaban J connectivity index is 1.99. The fraction of sp³-hybridized carbons (Fsp3) is 0.500. The summed E-state index contributed by atoms with van der Waals surface area (Å²) < 4.78 is 6.11. The minimum absolute atomic E-state index is 0.760. The standard InChI is InChI=1S/C8H11BrN4O/c9-7-5-10-6-11-8(7)12-13-1-3-14-4-2-13/h5-6H,1-4H2,(H,10,11,12). The molecule has 1 aromatic heterocycles. The van der Waals surface area contributed by atoms with Gasteiger partial charge in [0.2, 0.25) is 0 Å². The van der Waals surface area contributed by atoms with Crippen molar-refractivity contribution in [3.05, 3.63) is 17.0 Å². The molecule has 0 saturated carbocycles. The number of rotatable bonds is 2. The van der Waals surface area contributed by atoms with E-state index in [0.717, 1.165) is 36.6 Å². The van der Waals surface area contributed by atoms with Crippen LogP contribution in [0.25, 0.3) is 0 Å². The van der Waals surface area contributed by atoms with Crippen LogP contribution < -0.4 is 5.43 Å². The third kappa shape index (κ3) is 2.40. The molecule has 1 N–H and O–H groups in total. The van der Waals surface area contributed by atoms with Gasteiger partial charge < -0.3 is 10.2 Å². The third-order valence-electron chi connectivity index (χ3n) is 1.94. The lowest BCUT2D eigenvalue weighted by atomic mass is 10.5. The molecule has 1 aromatic rings. The van der Waals surface area contributed by atoms with Crippen LogP contribution in [0.15, 0.2) is 17.0 Å². The molecule has 76 valence electrons. The summed E-state index contributed by atoms with van der Waals surface area (Å²) in [6.45, 7) is 3.26. The van der Waals surface area contributed by atoms with Crippen LogP contribution in [-0.2, 0) is 4.74 Å². The van der Waals surface area contributed by atoms with Crippen molar-refractivity contribution in [1.29, 1.82) is 0 Å². The smallest absolute Gasteiger partial charge is 0.158 e. The van der Waals surface area contributed by atoms with Crippen molar-refractivity contribution in [1.82, 2.24) is 15.0 Å². The van der Waals surface area contributed by atoms with Crippen LogP contribution in [0.2, 0.25) is 0 Å². The molecule has 0 bridgehead atoms. The highest BCUT2D eigenvalue weighted by molar-refractivity contribution is 9.10. The number of aromatic nitrogens is 2. The van der Waals surface area contributed by atoms with E-state index >= 15 is 0 Å². The van der Waals surface area contributed by atoms with Crippen molar-refractivity contribution in [3.8, 4) is 0 Å². The molecule has 6 heteroatoms. The van der Waals surface area contributed by atoms with E-state index in [1.165, 1.54) is 6.33 Å². The largest absolute Gasteiger partial charge is 0.379 e. The van der Waals surface area contributed by atoms with Crippen molar-refractivity contribution in [2.75, 3.05) is 31.7 Å². The zero-order valence-electron chi connectivity index (χ0n) is 7.61. The Bertz CT molecular complexity index is 303. The first-order valence-corrected chi connectivity index (χ1v) is 5.20. The van der Waals surface area contributed by atoms with Crippen LogP contribution in [0, 0.1) is 0 Å². The molecule has 1 aliphatic rings. The number of hydrazine groups is 1. The van der Waals surface area contributed by atoms with Crippen molar-refractivity contribution in [3.63, 3.8) is 0 Å². The average molecular weight is 259 g/mol. The number of halogens is 1. The van der Waals surface area contributed by atoms with Gasteiger partial charge in [-0.15, -0.1) is 0 Å². The maximum atomic E-state index is 5.24. The third-order valence-corrected chi connectivity index (χ3v) is 2.52. The second kappa shape index (κ2) is 4.68. The number of hydrogen-bond donors (Lipinski definition) is 1. The molecule has 2 heterocycles. The summed E-state index contributed by atoms with van der Waals surface area (Å²) in [5, 5.41) is 2.08. The van der Waals surface area contributed by atoms with E-state index in [4.69, 9.17) is 4.74 Å². The van der Waals surface area contributed by atoms with Crippen LogP contribution in [0.1, 0.15) is 0 Å². The number of hydrogen-bond acceptors (Lipinski definition) is 5. The minimum atomic E-state index is 0.760. The van der Waals surface area contributed by atoms with Crippen molar-refractivity contribution in [2.45, 2.75) is 0 Å². The zero-order chi connectivity index (χ0) is 9.80. The molecule has 0 atom stereocenters. The lowest BCUT2D eigenvalue weighted by Gasteiger charge is -2.27. The maximum Gasteiger partial charge on any atom is 0.158 e. The second-order valence-electron chi connectivity index (χ2n) is 2.93. The Hall–Kier alpha value is -0.720. The number of nitrogens with one attached hydrogen (secondary N) is 1. The van der Waals surface area contributed by atoms with Gasteiger partial charge in [0, 0.05) is 19.3 Å². The molecule has 5 nitrogen and oxygen atoms in total. The molecule has 0 radical (unpaired) electrons. The lowest BCUT2D eigenvalue weighted by Crippen LogP contribution is -2.40. The summed E-state index contributed by atoms with van der Waals surface area (Å²) in [7, 11) is 0. The van der Waals surface area contributed by atoms with Gasteiger partial charge in [0.1, 0.15) is 6.33 Å². The minimum Gasteiger partial charge on any atom is -0.379 e. The first kappa shape index (κ1) is 9.82. The van der Waals surface area contributed by atoms with E-state index in [-0.39, 0.29) is 0 Å². The molecule has 0 aliphatic carbocycles. The quantitative estimate of drug-likeness (QED) is 0.855. The van der Waals surface area contributed by atoms with E-state index in [0.29, 0.717) is 0 Å². The molecule has 1 saturated heterocycles. The second-order valence-corrected chi connectivity index (χ2v) is 3.78. The lowest BCUT2D eigenvalue weighted by molar-refractivity contribution is 0.0494. The number of morpholine rings is 1. The average Bonchev–Trinajstić information content (AvgIpc) is 2.23. The van der Waals surface area contributed by atoms with Crippen LogP contribution >= 0.6 is 15.9 Å². The van der Waals surface area contributed by atoms with Crippen LogP contribution in [0.3, 0.4) is 0 Å². The fourth-order valence-corrected chi connectivity index (χ4v) is 1.53. The number of anilines is 1. The summed E-state index contributed by atoms with van der Waals surface area (Å²) in [4.78, 5) is 8.02. The monoisotopic (exact) mass is 258 g/mol. The molecule has 1 fully saturated rings. The molecule has 2 rings (SSSR count). The van der Waals surface area contributed by atoms with E-state index in [1.807, 2.05) is 0 Å². The molecule has 1 aliphatic heterocycles. The summed E-state index contributed by atoms with van der Waals surface area (Å²) in [6, 6.07) is 0. The molecular formula is C8H11BrN4O. The number of nitrogens with zero attached hydrogens (tertiary/aromatic N) is 3. The van der Waals surface area contributed by atoms with Gasteiger partial charge in [-0.05, 0) is 15.9 Å². The van der Waals surface area contributed by atoms with E-state index in [1.54, 1.807) is 6.20 Å². The summed E-state index contributed by atoms with van der Waals surface area (Å²) >= 11 is 3.38. The highest BCUT2D eigenvalue weighted by Gasteiger charge is 2.11. The highest BCUT2D eigenvalue weighted by Crippen LogP contribution is 2.17. The van der Waals surface area contributed by atoms with Crippen molar-refractivity contribution in [2.24, 2.45) is 0 Å². The SMILES string of the molecule is Brc1cncnc1NN1CCOCC1. The summed E-state index contributed by atoms with van der Waals surface area (Å²) in [5.41, 5.74) is 3.20. The number of ether oxygens (including phenoxy) is 1. The van der Waals surface area contributed by atoms with Crippen LogP contribution in [-0.4, -0.2) is 41.3 Å². The molecule has 0 unspecified atom stereocenters. The topological polar surface area (TPSA) is 50.3 Å². The summed E-state index contributed by atoms with van der Waals surface area (Å²) in [5.74, 6) is 0.793. The molecule has 0 spiro atoms. The first-order chi connectivity index (χ1) is 6.86. The molecule has 0 amide bonds. The van der Waals surface area contributed by atoms with Crippen LogP contribution in [0.4, 0.5) is 5.82 Å². The van der Waals surface area contributed by atoms with Gasteiger partial charge in [-0.2, -0.15) is 0 Å². The van der Waals surface area contributed by atoms with E-state index in [9.17, 15) is 0 Å². The van der Waals surface area contributed by atoms with Gasteiger partial charge in [0.05, 0.1) is 17.7 Å². The van der Waals surface area contributed by atoms with Gasteiger partial charge >= 0.3 is 0 Å². The van der Waals surface area contributed by atoms with Crippen molar-refractivity contribution < 1.29 is 4.74 Å². The zero-order valence-corrected chi connectivity index (χ0v) is 9.20. The molecule has 0 aromatic carbocycles. The van der Waals surface area contributed by atoms with Gasteiger partial charge in [0.25, 0.3) is 0 Å². The fourth-order valence-electron chi connectivity index (χ4n) is 1.22. The maximum absolute atomic E-state index is 5.24. The Kier molecular flexibility index (Phi) is 3.28. The Morgan fingerprint density at radius 3 is 2.93 bits per heavy atom. The summed E-state index contributed by atoms with van der Waals surface area (Å²) in [6.07, 6.45) is 3.24. The van der Waals surface area contributed by atoms with E-state index in [2.05, 4.69) is 36.3 Å². The van der Waals surface area contributed by atoms with E-state index < -0.39 is 0 Å². The molecular weight excluding hydrogens is 248 g/mol. The highest BCUT2D eigenvalue weighted by atomic mass is 79.9. The van der Waals surface area contributed by atoms with Crippen molar-refractivity contribution >= 4 is 21.7 Å². The predicted octanol–water partition coefficient (Wildman–Crippen LogP) is 0.898. The normalized spacial score (nSPS) is 18.1. The Morgan fingerprint density at radius 1 is 1.43 bits per heavy atom. The van der Waals surface area contributed by atoms with Crippen LogP contribution in [0.5, 0.6) is 0 Å². The van der Waals surface area contributed by atoms with Gasteiger partial charge in [-0.1, -0.05) is 0 Å². The Morgan fingerprint density at radius 2 is 2.21 bits per heavy atom. The first-order valence-electron chi connectivity index (χ1n) is 4.41. The van der Waals surface area contributed by atoms with Gasteiger partial charge in [-0.25, -0.2) is 15.0 Å². The molecule has 14 heavy (non-hydrogen) atoms. The predicted molar refractivity (Wildman–Crippen MR) is 55.7 cm³/mol. The van der Waals surface area contributed by atoms with Gasteiger partial charge in [0.15, 0.2) is 5.82 Å². The Labute approximate surface area is 90.6 Å². The van der Waals surface area contributed by atoms with Gasteiger partial charge in [-0.3, -0.25) is 0 Å².